The summed E-state index contributed by atoms with van der Waals surface area (Å²) < 4.78 is 3.97. The van der Waals surface area contributed by atoms with Crippen molar-refractivity contribution in [2.75, 3.05) is 0 Å². The molecule has 0 aliphatic heterocycles. The molecule has 6 heterocycles. The average molecular weight is 563 g/mol. The minimum absolute atomic E-state index is 0. The van der Waals surface area contributed by atoms with Crippen molar-refractivity contribution >= 4 is 21.8 Å². The summed E-state index contributed by atoms with van der Waals surface area (Å²) in [7, 11) is 0. The Kier molecular flexibility index (Phi) is 6.07. The van der Waals surface area contributed by atoms with Gasteiger partial charge < -0.3 is 9.13 Å². The molecule has 6 aromatic rings. The van der Waals surface area contributed by atoms with Gasteiger partial charge in [-0.3, -0.25) is 19.9 Å². The van der Waals surface area contributed by atoms with Gasteiger partial charge in [0.25, 0.3) is 0 Å². The summed E-state index contributed by atoms with van der Waals surface area (Å²) in [6.07, 6.45) is 10.3. The predicted octanol–water partition coefficient (Wildman–Crippen LogP) is 5.70. The summed E-state index contributed by atoms with van der Waals surface area (Å²) >= 11 is 0. The van der Waals surface area contributed by atoms with Gasteiger partial charge in [0.1, 0.15) is 0 Å². The van der Waals surface area contributed by atoms with E-state index in [0.29, 0.717) is 0 Å². The first-order chi connectivity index (χ1) is 16.9. The molecule has 0 fully saturated rings. The molecule has 0 aliphatic carbocycles. The zero-order valence-corrected chi connectivity index (χ0v) is 22.0. The molecule has 0 aromatic carbocycles. The third-order valence-corrected chi connectivity index (χ3v) is 6.71. The van der Waals surface area contributed by atoms with Crippen molar-refractivity contribution in [3.63, 3.8) is 0 Å². The van der Waals surface area contributed by atoms with E-state index in [1.165, 1.54) is 0 Å². The number of hydrogen-bond acceptors (Lipinski definition) is 4. The molecular weight excluding hydrogens is 539 g/mol. The predicted molar refractivity (Wildman–Crippen MR) is 137 cm³/mol. The van der Waals surface area contributed by atoms with Gasteiger partial charge in [-0.05, 0) is 49.4 Å². The molecule has 180 valence electrons. The van der Waals surface area contributed by atoms with Gasteiger partial charge in [-0.15, -0.1) is 12.1 Å². The van der Waals surface area contributed by atoms with Crippen LogP contribution in [0.5, 0.6) is 0 Å². The summed E-state index contributed by atoms with van der Waals surface area (Å²) in [5.74, 6) is 1.63. The van der Waals surface area contributed by atoms with Crippen molar-refractivity contribution in [1.29, 1.82) is 0 Å². The van der Waals surface area contributed by atoms with Crippen LogP contribution in [-0.2, 0) is 25.8 Å². The van der Waals surface area contributed by atoms with Crippen LogP contribution in [0.2, 0.25) is 0 Å². The Morgan fingerprint density at radius 3 is 1.50 bits per heavy atom. The number of pyridine rings is 4. The van der Waals surface area contributed by atoms with Gasteiger partial charge in [-0.25, -0.2) is 0 Å². The molecule has 0 N–H and O–H groups in total. The van der Waals surface area contributed by atoms with Gasteiger partial charge >= 0.3 is 20.4 Å². The molecule has 0 saturated heterocycles. The molecule has 7 heteroatoms. The molecule has 0 atom stereocenters. The van der Waals surface area contributed by atoms with E-state index in [-0.39, 0.29) is 20.4 Å². The van der Waals surface area contributed by atoms with Crippen LogP contribution in [0.1, 0.15) is 36.6 Å². The molecule has 0 bridgehead atoms. The zero-order chi connectivity index (χ0) is 24.2. The standard InChI is InChI=1S/C29H24N6.Pd/c1-19-21-9-7-15-30-23(21)17-34(19)27-13-5-11-25(32-27)29(3,4)26-12-6-14-28(33-26)35-18-24-22(20(35)2)10-8-16-31-24;/h5-16H,1-4H3;/q-2;+2. The smallest absolute Gasteiger partial charge is 0.431 e. The van der Waals surface area contributed by atoms with Crippen molar-refractivity contribution in [2.45, 2.75) is 33.1 Å². The number of hydrogen-bond donors (Lipinski definition) is 0. The number of aryl methyl sites for hydroxylation is 2. The molecule has 0 amide bonds. The van der Waals surface area contributed by atoms with Gasteiger partial charge in [0.05, 0.1) is 11.6 Å². The maximum atomic E-state index is 5.04. The topological polar surface area (TPSA) is 61.4 Å². The molecule has 6 aromatic heterocycles. The van der Waals surface area contributed by atoms with Crippen molar-refractivity contribution < 1.29 is 20.4 Å². The first kappa shape index (κ1) is 24.1. The largest absolute Gasteiger partial charge is 2.00 e. The Hall–Kier alpha value is -3.66. The van der Waals surface area contributed by atoms with Gasteiger partial charge in [-0.2, -0.15) is 0 Å². The Morgan fingerprint density at radius 1 is 0.639 bits per heavy atom. The number of nitrogens with zero attached hydrogens (tertiary/aromatic N) is 6. The Balaban J connectivity index is 0.00000267. The number of fused-ring (bicyclic) bond motifs is 2. The second-order valence-corrected chi connectivity index (χ2v) is 9.25. The van der Waals surface area contributed by atoms with Crippen LogP contribution in [-0.4, -0.2) is 29.1 Å². The molecule has 0 spiro atoms. The zero-order valence-electron chi connectivity index (χ0n) is 20.4. The van der Waals surface area contributed by atoms with Crippen molar-refractivity contribution in [1.82, 2.24) is 29.1 Å². The van der Waals surface area contributed by atoms with Gasteiger partial charge in [0, 0.05) is 29.2 Å². The molecule has 6 rings (SSSR count). The minimum atomic E-state index is -0.427. The Bertz CT molecular complexity index is 1590. The van der Waals surface area contributed by atoms with E-state index in [2.05, 4.69) is 74.3 Å². The summed E-state index contributed by atoms with van der Waals surface area (Å²) in [5.41, 5.74) is 5.24. The van der Waals surface area contributed by atoms with Crippen LogP contribution >= 0.6 is 0 Å². The van der Waals surface area contributed by atoms with E-state index in [1.807, 2.05) is 45.5 Å². The maximum absolute atomic E-state index is 5.04. The summed E-state index contributed by atoms with van der Waals surface area (Å²) in [6.45, 7) is 8.44. The van der Waals surface area contributed by atoms with Crippen molar-refractivity contribution in [3.05, 3.63) is 108 Å². The molecule has 6 nitrogen and oxygen atoms in total. The summed E-state index contributed by atoms with van der Waals surface area (Å²) in [4.78, 5) is 19.0. The first-order valence-corrected chi connectivity index (χ1v) is 11.6. The quantitative estimate of drug-likeness (QED) is 0.204. The Morgan fingerprint density at radius 2 is 1.08 bits per heavy atom. The normalized spacial score (nSPS) is 11.7. The average Bonchev–Trinajstić information content (AvgIpc) is 3.41. The molecular formula is C29H24N6Pd. The third kappa shape index (κ3) is 3.85. The second-order valence-electron chi connectivity index (χ2n) is 9.25. The van der Waals surface area contributed by atoms with Gasteiger partial charge in [0.15, 0.2) is 0 Å². The van der Waals surface area contributed by atoms with E-state index >= 15 is 0 Å². The van der Waals surface area contributed by atoms with Crippen molar-refractivity contribution in [2.24, 2.45) is 0 Å². The van der Waals surface area contributed by atoms with E-state index in [4.69, 9.17) is 9.97 Å². The van der Waals surface area contributed by atoms with Crippen LogP contribution in [0.25, 0.3) is 33.4 Å². The minimum Gasteiger partial charge on any atom is -0.431 e. The van der Waals surface area contributed by atoms with E-state index in [0.717, 1.165) is 56.2 Å². The van der Waals surface area contributed by atoms with E-state index in [9.17, 15) is 0 Å². The maximum Gasteiger partial charge on any atom is 2.00 e. The van der Waals surface area contributed by atoms with E-state index < -0.39 is 5.41 Å². The van der Waals surface area contributed by atoms with Gasteiger partial charge in [0.2, 0.25) is 0 Å². The summed E-state index contributed by atoms with van der Waals surface area (Å²) in [6, 6.07) is 20.2. The molecule has 0 aliphatic rings. The molecule has 36 heavy (non-hydrogen) atoms. The van der Waals surface area contributed by atoms with Crippen LogP contribution in [0, 0.1) is 26.2 Å². The molecule has 0 unspecified atom stereocenters. The fourth-order valence-electron chi connectivity index (χ4n) is 4.57. The first-order valence-electron chi connectivity index (χ1n) is 11.6. The summed E-state index contributed by atoms with van der Waals surface area (Å²) in [5, 5.41) is 2.15. The van der Waals surface area contributed by atoms with Crippen LogP contribution in [0.3, 0.4) is 0 Å². The van der Waals surface area contributed by atoms with Crippen LogP contribution < -0.4 is 0 Å². The monoisotopic (exact) mass is 562 g/mol. The van der Waals surface area contributed by atoms with Crippen molar-refractivity contribution in [3.8, 4) is 11.6 Å². The third-order valence-electron chi connectivity index (χ3n) is 6.71. The number of rotatable bonds is 4. The van der Waals surface area contributed by atoms with Crippen LogP contribution in [0.4, 0.5) is 0 Å². The SMILES string of the molecule is Cc1c2cccnc2[c-]n1-c1cccc(C(C)(C)c2cccc(-n3[c-]c4ncccc4c3C)n2)n1.[Pd+2]. The van der Waals surface area contributed by atoms with E-state index in [1.54, 1.807) is 12.4 Å². The van der Waals surface area contributed by atoms with Gasteiger partial charge in [-0.1, -0.05) is 72.4 Å². The fourth-order valence-corrected chi connectivity index (χ4v) is 4.57. The molecule has 0 radical (unpaired) electrons. The second kappa shape index (κ2) is 9.09. The Labute approximate surface area is 223 Å². The fraction of sp³-hybridized carbons (Fsp3) is 0.172. The molecule has 0 saturated carbocycles. The number of aromatic nitrogens is 6. The van der Waals surface area contributed by atoms with Crippen LogP contribution in [0.15, 0.2) is 73.1 Å².